The lowest BCUT2D eigenvalue weighted by Crippen LogP contribution is -2.33. The van der Waals surface area contributed by atoms with Gasteiger partial charge in [0.15, 0.2) is 6.61 Å². The molecule has 0 bridgehead atoms. The van der Waals surface area contributed by atoms with Crippen LogP contribution in [0.15, 0.2) is 48.8 Å². The second-order valence-electron chi connectivity index (χ2n) is 7.23. The summed E-state index contributed by atoms with van der Waals surface area (Å²) < 4.78 is 7.86. The minimum atomic E-state index is 0.0234. The van der Waals surface area contributed by atoms with Crippen molar-refractivity contribution in [3.8, 4) is 5.75 Å². The molecular formula is C21H24N4O2. The van der Waals surface area contributed by atoms with Gasteiger partial charge in [-0.05, 0) is 38.5 Å². The molecule has 1 aromatic carbocycles. The van der Waals surface area contributed by atoms with Crippen LogP contribution in [0.2, 0.25) is 0 Å². The summed E-state index contributed by atoms with van der Waals surface area (Å²) in [5.74, 6) is 2.03. The lowest BCUT2D eigenvalue weighted by Gasteiger charge is -2.19. The van der Waals surface area contributed by atoms with Crippen molar-refractivity contribution in [1.29, 1.82) is 0 Å². The number of amides is 1. The molecule has 3 aromatic rings. The summed E-state index contributed by atoms with van der Waals surface area (Å²) in [6.45, 7) is 5.80. The van der Waals surface area contributed by atoms with E-state index in [2.05, 4.69) is 23.4 Å². The molecule has 1 unspecified atom stereocenters. The van der Waals surface area contributed by atoms with Crippen molar-refractivity contribution in [2.24, 2.45) is 0 Å². The highest BCUT2D eigenvalue weighted by molar-refractivity contribution is 5.78. The Kier molecular flexibility index (Phi) is 4.79. The van der Waals surface area contributed by atoms with Crippen LogP contribution in [0.25, 0.3) is 11.0 Å². The van der Waals surface area contributed by atoms with Crippen LogP contribution in [0.4, 0.5) is 0 Å². The molecule has 0 saturated carbocycles. The number of rotatable bonds is 5. The van der Waals surface area contributed by atoms with E-state index in [1.165, 1.54) is 0 Å². The van der Waals surface area contributed by atoms with Crippen LogP contribution >= 0.6 is 0 Å². The number of imidazole rings is 1. The summed E-state index contributed by atoms with van der Waals surface area (Å²) in [5, 5.41) is 0. The van der Waals surface area contributed by atoms with Crippen molar-refractivity contribution in [1.82, 2.24) is 19.4 Å². The van der Waals surface area contributed by atoms with Crippen molar-refractivity contribution < 1.29 is 9.53 Å². The third-order valence-corrected chi connectivity index (χ3v) is 5.05. The smallest absolute Gasteiger partial charge is 0.260 e. The molecule has 1 atom stereocenters. The monoisotopic (exact) mass is 364 g/mol. The van der Waals surface area contributed by atoms with Gasteiger partial charge in [0.05, 0.1) is 17.2 Å². The van der Waals surface area contributed by atoms with Gasteiger partial charge in [-0.15, -0.1) is 0 Å². The number of hydrogen-bond acceptors (Lipinski definition) is 4. The van der Waals surface area contributed by atoms with Crippen molar-refractivity contribution in [2.75, 3.05) is 19.7 Å². The Morgan fingerprint density at radius 2 is 2.07 bits per heavy atom. The minimum absolute atomic E-state index is 0.0234. The third-order valence-electron chi connectivity index (χ3n) is 5.05. The standard InChI is InChI=1S/C21H24N4O2/c1-15(2)25-19-12-22-10-8-18(19)23-21(25)16-9-11-24(13-16)20(26)14-27-17-6-4-3-5-7-17/h3-8,10,12,15-16H,9,11,13-14H2,1-2H3. The van der Waals surface area contributed by atoms with Gasteiger partial charge in [0.2, 0.25) is 0 Å². The van der Waals surface area contributed by atoms with Gasteiger partial charge in [0, 0.05) is 31.2 Å². The number of hydrogen-bond donors (Lipinski definition) is 0. The Bertz CT molecular complexity index is 936. The molecule has 1 saturated heterocycles. The average molecular weight is 364 g/mol. The lowest BCUT2D eigenvalue weighted by atomic mass is 10.1. The topological polar surface area (TPSA) is 60.2 Å². The van der Waals surface area contributed by atoms with Crippen molar-refractivity contribution in [2.45, 2.75) is 32.2 Å². The Morgan fingerprint density at radius 3 is 2.85 bits per heavy atom. The second kappa shape index (κ2) is 7.39. The molecule has 1 aliphatic heterocycles. The molecule has 140 valence electrons. The van der Waals surface area contributed by atoms with E-state index in [0.717, 1.165) is 35.6 Å². The maximum Gasteiger partial charge on any atom is 0.260 e. The van der Waals surface area contributed by atoms with Crippen LogP contribution in [0.3, 0.4) is 0 Å². The number of pyridine rings is 1. The number of carbonyl (C=O) groups is 1. The summed E-state index contributed by atoms with van der Waals surface area (Å²) in [5.41, 5.74) is 2.02. The Hall–Kier alpha value is -2.89. The zero-order valence-electron chi connectivity index (χ0n) is 15.7. The van der Waals surface area contributed by atoms with Gasteiger partial charge in [-0.2, -0.15) is 0 Å². The molecule has 27 heavy (non-hydrogen) atoms. The van der Waals surface area contributed by atoms with Gasteiger partial charge < -0.3 is 14.2 Å². The average Bonchev–Trinajstić information content (AvgIpc) is 3.31. The molecule has 6 heteroatoms. The summed E-state index contributed by atoms with van der Waals surface area (Å²) in [6, 6.07) is 11.7. The largest absolute Gasteiger partial charge is 0.484 e. The Labute approximate surface area is 158 Å². The number of fused-ring (bicyclic) bond motifs is 1. The minimum Gasteiger partial charge on any atom is -0.484 e. The Balaban J connectivity index is 1.47. The lowest BCUT2D eigenvalue weighted by molar-refractivity contribution is -0.132. The summed E-state index contributed by atoms with van der Waals surface area (Å²) in [7, 11) is 0. The first kappa shape index (κ1) is 17.5. The van der Waals surface area contributed by atoms with Gasteiger partial charge in [-0.25, -0.2) is 4.98 Å². The number of ether oxygens (including phenoxy) is 1. The van der Waals surface area contributed by atoms with Gasteiger partial charge in [-0.3, -0.25) is 9.78 Å². The highest BCUT2D eigenvalue weighted by Gasteiger charge is 2.31. The van der Waals surface area contributed by atoms with Gasteiger partial charge >= 0.3 is 0 Å². The van der Waals surface area contributed by atoms with Crippen LogP contribution < -0.4 is 4.74 Å². The molecule has 3 heterocycles. The molecule has 0 radical (unpaired) electrons. The number of carbonyl (C=O) groups excluding carboxylic acids is 1. The van der Waals surface area contributed by atoms with Crippen molar-refractivity contribution in [3.63, 3.8) is 0 Å². The predicted octanol–water partition coefficient (Wildman–Crippen LogP) is 3.41. The molecule has 1 fully saturated rings. The summed E-state index contributed by atoms with van der Waals surface area (Å²) in [4.78, 5) is 23.5. The highest BCUT2D eigenvalue weighted by Crippen LogP contribution is 2.31. The molecule has 0 aliphatic carbocycles. The fourth-order valence-electron chi connectivity index (χ4n) is 3.74. The fraction of sp³-hybridized carbons (Fsp3) is 0.381. The summed E-state index contributed by atoms with van der Waals surface area (Å²) in [6.07, 6.45) is 4.56. The van der Waals surface area contributed by atoms with Crippen LogP contribution in [0.5, 0.6) is 5.75 Å². The molecule has 4 rings (SSSR count). The molecule has 1 aliphatic rings. The third kappa shape index (κ3) is 3.52. The number of nitrogens with zero attached hydrogens (tertiary/aromatic N) is 4. The van der Waals surface area contributed by atoms with E-state index in [1.807, 2.05) is 47.5 Å². The maximum atomic E-state index is 12.6. The molecule has 6 nitrogen and oxygen atoms in total. The zero-order valence-corrected chi connectivity index (χ0v) is 15.7. The second-order valence-corrected chi connectivity index (χ2v) is 7.23. The van der Waals surface area contributed by atoms with Gasteiger partial charge in [0.1, 0.15) is 11.6 Å². The van der Waals surface area contributed by atoms with Gasteiger partial charge in [0.25, 0.3) is 5.91 Å². The Morgan fingerprint density at radius 1 is 1.26 bits per heavy atom. The predicted molar refractivity (Wildman–Crippen MR) is 104 cm³/mol. The van der Waals surface area contributed by atoms with Crippen molar-refractivity contribution in [3.05, 3.63) is 54.6 Å². The quantitative estimate of drug-likeness (QED) is 0.696. The van der Waals surface area contributed by atoms with E-state index in [1.54, 1.807) is 6.20 Å². The van der Waals surface area contributed by atoms with Crippen molar-refractivity contribution >= 4 is 16.9 Å². The van der Waals surface area contributed by atoms with E-state index in [-0.39, 0.29) is 18.4 Å². The zero-order chi connectivity index (χ0) is 18.8. The number of likely N-dealkylation sites (tertiary alicyclic amines) is 1. The van der Waals surface area contributed by atoms with E-state index >= 15 is 0 Å². The molecule has 0 spiro atoms. The van der Waals surface area contributed by atoms with E-state index < -0.39 is 0 Å². The number of para-hydroxylation sites is 1. The number of aromatic nitrogens is 3. The van der Waals surface area contributed by atoms with E-state index in [0.29, 0.717) is 12.6 Å². The summed E-state index contributed by atoms with van der Waals surface area (Å²) >= 11 is 0. The first-order valence-corrected chi connectivity index (χ1v) is 9.41. The van der Waals surface area contributed by atoms with E-state index in [9.17, 15) is 4.79 Å². The molecular weight excluding hydrogens is 340 g/mol. The van der Waals surface area contributed by atoms with Crippen LogP contribution in [0, 0.1) is 0 Å². The van der Waals surface area contributed by atoms with Crippen LogP contribution in [-0.2, 0) is 4.79 Å². The SMILES string of the molecule is CC(C)n1c(C2CCN(C(=O)COc3ccccc3)C2)nc2ccncc21. The van der Waals surface area contributed by atoms with E-state index in [4.69, 9.17) is 9.72 Å². The fourth-order valence-corrected chi connectivity index (χ4v) is 3.74. The number of benzene rings is 1. The molecule has 1 amide bonds. The molecule has 0 N–H and O–H groups in total. The molecule has 2 aromatic heterocycles. The maximum absolute atomic E-state index is 12.6. The van der Waals surface area contributed by atoms with Gasteiger partial charge in [-0.1, -0.05) is 18.2 Å². The first-order valence-electron chi connectivity index (χ1n) is 9.41. The first-order chi connectivity index (χ1) is 13.1. The highest BCUT2D eigenvalue weighted by atomic mass is 16.5. The van der Waals surface area contributed by atoms with Crippen LogP contribution in [0.1, 0.15) is 38.1 Å². The van der Waals surface area contributed by atoms with Crippen LogP contribution in [-0.4, -0.2) is 45.0 Å². The normalized spacial score (nSPS) is 17.0.